The fourth-order valence-electron chi connectivity index (χ4n) is 1.84. The van der Waals surface area contributed by atoms with Crippen molar-refractivity contribution < 1.29 is 4.39 Å². The van der Waals surface area contributed by atoms with Crippen molar-refractivity contribution >= 4 is 11.4 Å². The maximum Gasteiger partial charge on any atom is 0.123 e. The van der Waals surface area contributed by atoms with Crippen LogP contribution in [0.5, 0.6) is 0 Å². The molecule has 0 radical (unpaired) electrons. The fourth-order valence-corrected chi connectivity index (χ4v) is 1.84. The topological polar surface area (TPSA) is 15.3 Å². The Labute approximate surface area is 107 Å². The summed E-state index contributed by atoms with van der Waals surface area (Å²) in [6.07, 6.45) is 0. The lowest BCUT2D eigenvalue weighted by molar-refractivity contribution is 0.627. The molecule has 0 aromatic heterocycles. The molecule has 0 unspecified atom stereocenters. The van der Waals surface area contributed by atoms with Gasteiger partial charge in [0.05, 0.1) is 0 Å². The summed E-state index contributed by atoms with van der Waals surface area (Å²) in [7, 11) is 3.93. The van der Waals surface area contributed by atoms with E-state index in [1.54, 1.807) is 0 Å². The first kappa shape index (κ1) is 12.4. The Balaban J connectivity index is 2.06. The lowest BCUT2D eigenvalue weighted by Crippen LogP contribution is -2.16. The molecule has 1 N–H and O–H groups in total. The van der Waals surface area contributed by atoms with Crippen LogP contribution in [-0.4, -0.2) is 14.1 Å². The second-order valence-electron chi connectivity index (χ2n) is 4.28. The molecule has 2 aromatic carbocycles. The second-order valence-corrected chi connectivity index (χ2v) is 4.28. The maximum absolute atomic E-state index is 12.8. The summed E-state index contributed by atoms with van der Waals surface area (Å²) < 4.78 is 12.8. The van der Waals surface area contributed by atoms with Crippen molar-refractivity contribution in [3.63, 3.8) is 0 Å². The Morgan fingerprint density at radius 2 is 1.61 bits per heavy atom. The molecular formula is C15H17FN2. The van der Waals surface area contributed by atoms with Gasteiger partial charge in [-0.15, -0.1) is 0 Å². The van der Waals surface area contributed by atoms with Gasteiger partial charge in [-0.25, -0.2) is 4.39 Å². The molecule has 0 saturated carbocycles. The molecule has 2 nitrogen and oxygen atoms in total. The maximum atomic E-state index is 12.8. The van der Waals surface area contributed by atoms with Crippen LogP contribution in [-0.2, 0) is 6.54 Å². The Kier molecular flexibility index (Phi) is 3.82. The molecule has 0 heterocycles. The lowest BCUT2D eigenvalue weighted by atomic mass is 10.2. The minimum atomic E-state index is -0.195. The summed E-state index contributed by atoms with van der Waals surface area (Å²) in [5.41, 5.74) is 3.32. The first-order valence-corrected chi connectivity index (χ1v) is 5.92. The van der Waals surface area contributed by atoms with E-state index in [2.05, 4.69) is 22.3 Å². The molecule has 94 valence electrons. The minimum Gasteiger partial charge on any atom is -0.388 e. The predicted molar refractivity (Wildman–Crippen MR) is 74.5 cm³/mol. The number of rotatable bonds is 4. The van der Waals surface area contributed by atoms with Gasteiger partial charge in [-0.05, 0) is 42.0 Å². The standard InChI is InChI=1S/C15H17FN2/c1-17-14-7-9-15(10-8-14)18(2)11-12-3-5-13(16)6-4-12/h3-10,17H,11H2,1-2H3. The van der Waals surface area contributed by atoms with E-state index in [1.165, 1.54) is 12.1 Å². The van der Waals surface area contributed by atoms with Gasteiger partial charge in [-0.2, -0.15) is 0 Å². The third-order valence-corrected chi connectivity index (χ3v) is 2.93. The largest absolute Gasteiger partial charge is 0.388 e. The highest BCUT2D eigenvalue weighted by Crippen LogP contribution is 2.18. The Hall–Kier alpha value is -2.03. The number of nitrogens with one attached hydrogen (secondary N) is 1. The molecule has 0 aliphatic rings. The number of halogens is 1. The monoisotopic (exact) mass is 244 g/mol. The summed E-state index contributed by atoms with van der Waals surface area (Å²) in [4.78, 5) is 2.13. The van der Waals surface area contributed by atoms with Crippen LogP contribution in [0, 0.1) is 5.82 Å². The molecular weight excluding hydrogens is 227 g/mol. The van der Waals surface area contributed by atoms with Crippen molar-refractivity contribution in [3.8, 4) is 0 Å². The normalized spacial score (nSPS) is 10.2. The van der Waals surface area contributed by atoms with Crippen molar-refractivity contribution in [1.82, 2.24) is 0 Å². The van der Waals surface area contributed by atoms with E-state index < -0.39 is 0 Å². The summed E-state index contributed by atoms with van der Waals surface area (Å²) in [6, 6.07) is 14.8. The number of hydrogen-bond acceptors (Lipinski definition) is 2. The molecule has 0 bridgehead atoms. The number of benzene rings is 2. The zero-order valence-electron chi connectivity index (χ0n) is 10.7. The van der Waals surface area contributed by atoms with Gasteiger partial charge in [0.25, 0.3) is 0 Å². The average molecular weight is 244 g/mol. The van der Waals surface area contributed by atoms with Crippen molar-refractivity contribution in [2.75, 3.05) is 24.3 Å². The van der Waals surface area contributed by atoms with Gasteiger partial charge in [0, 0.05) is 32.0 Å². The molecule has 2 rings (SSSR count). The highest BCUT2D eigenvalue weighted by Gasteiger charge is 2.02. The first-order chi connectivity index (χ1) is 8.69. The molecule has 3 heteroatoms. The summed E-state index contributed by atoms with van der Waals surface area (Å²) >= 11 is 0. The van der Waals surface area contributed by atoms with Crippen molar-refractivity contribution in [2.45, 2.75) is 6.54 Å². The smallest absolute Gasteiger partial charge is 0.123 e. The molecule has 18 heavy (non-hydrogen) atoms. The molecule has 2 aromatic rings. The van der Waals surface area contributed by atoms with E-state index >= 15 is 0 Å². The molecule has 0 aliphatic carbocycles. The van der Waals surface area contributed by atoms with Gasteiger partial charge in [-0.3, -0.25) is 0 Å². The lowest BCUT2D eigenvalue weighted by Gasteiger charge is -2.19. The molecule has 0 aliphatic heterocycles. The summed E-state index contributed by atoms with van der Waals surface area (Å²) in [6.45, 7) is 0.763. The van der Waals surface area contributed by atoms with Crippen LogP contribution >= 0.6 is 0 Å². The predicted octanol–water partition coefficient (Wildman–Crippen LogP) is 3.50. The third kappa shape index (κ3) is 3.00. The van der Waals surface area contributed by atoms with E-state index in [1.807, 2.05) is 38.4 Å². The highest BCUT2D eigenvalue weighted by atomic mass is 19.1. The highest BCUT2D eigenvalue weighted by molar-refractivity contribution is 5.54. The molecule has 0 spiro atoms. The van der Waals surface area contributed by atoms with Gasteiger partial charge in [0.2, 0.25) is 0 Å². The van der Waals surface area contributed by atoms with E-state index in [-0.39, 0.29) is 5.82 Å². The zero-order chi connectivity index (χ0) is 13.0. The van der Waals surface area contributed by atoms with Crippen molar-refractivity contribution in [1.29, 1.82) is 0 Å². The number of hydrogen-bond donors (Lipinski definition) is 1. The van der Waals surface area contributed by atoms with Crippen molar-refractivity contribution in [2.24, 2.45) is 0 Å². The van der Waals surface area contributed by atoms with Crippen LogP contribution in [0.1, 0.15) is 5.56 Å². The van der Waals surface area contributed by atoms with E-state index in [0.29, 0.717) is 0 Å². The van der Waals surface area contributed by atoms with Crippen LogP contribution in [0.25, 0.3) is 0 Å². The SMILES string of the molecule is CNc1ccc(N(C)Cc2ccc(F)cc2)cc1. The average Bonchev–Trinajstić information content (AvgIpc) is 2.41. The van der Waals surface area contributed by atoms with Crippen LogP contribution in [0.4, 0.5) is 15.8 Å². The van der Waals surface area contributed by atoms with Crippen LogP contribution in [0.3, 0.4) is 0 Å². The van der Waals surface area contributed by atoms with Crippen LogP contribution < -0.4 is 10.2 Å². The van der Waals surface area contributed by atoms with Gasteiger partial charge in [0.1, 0.15) is 5.82 Å². The van der Waals surface area contributed by atoms with Gasteiger partial charge < -0.3 is 10.2 Å². The number of nitrogens with zero attached hydrogens (tertiary/aromatic N) is 1. The zero-order valence-corrected chi connectivity index (χ0v) is 10.7. The van der Waals surface area contributed by atoms with Gasteiger partial charge in [0.15, 0.2) is 0 Å². The molecule has 0 fully saturated rings. The Morgan fingerprint density at radius 1 is 1.00 bits per heavy atom. The minimum absolute atomic E-state index is 0.195. The van der Waals surface area contributed by atoms with Crippen molar-refractivity contribution in [3.05, 3.63) is 59.9 Å². The molecule has 0 amide bonds. The summed E-state index contributed by atoms with van der Waals surface area (Å²) in [5.74, 6) is -0.195. The van der Waals surface area contributed by atoms with Gasteiger partial charge >= 0.3 is 0 Å². The second kappa shape index (κ2) is 5.54. The van der Waals surface area contributed by atoms with Crippen LogP contribution in [0.2, 0.25) is 0 Å². The fraction of sp³-hybridized carbons (Fsp3) is 0.200. The van der Waals surface area contributed by atoms with Gasteiger partial charge in [-0.1, -0.05) is 12.1 Å². The molecule has 0 saturated heterocycles. The van der Waals surface area contributed by atoms with Crippen LogP contribution in [0.15, 0.2) is 48.5 Å². The Morgan fingerprint density at radius 3 is 2.17 bits per heavy atom. The summed E-state index contributed by atoms with van der Waals surface area (Å²) in [5, 5.41) is 3.09. The van der Waals surface area contributed by atoms with E-state index in [4.69, 9.17) is 0 Å². The number of anilines is 2. The first-order valence-electron chi connectivity index (χ1n) is 5.92. The van der Waals surface area contributed by atoms with E-state index in [9.17, 15) is 4.39 Å². The Bertz CT molecular complexity index is 491. The van der Waals surface area contributed by atoms with E-state index in [0.717, 1.165) is 23.5 Å². The third-order valence-electron chi connectivity index (χ3n) is 2.93. The quantitative estimate of drug-likeness (QED) is 0.885. The molecule has 0 atom stereocenters.